The van der Waals surface area contributed by atoms with Crippen LogP contribution in [0.15, 0.2) is 12.1 Å². The van der Waals surface area contributed by atoms with Crippen LogP contribution in [0.1, 0.15) is 43.5 Å². The standard InChI is InChI=1S/C14H20N2O/c1-8-5-9-7-11(17)16-12(9)10(6-8)13(15)14(2,3)4/h5-6,13H,7,15H2,1-4H3,(H,16,17). The Morgan fingerprint density at radius 1 is 1.35 bits per heavy atom. The maximum Gasteiger partial charge on any atom is 0.228 e. The second kappa shape index (κ2) is 3.84. The number of hydrogen-bond donors (Lipinski definition) is 2. The van der Waals surface area contributed by atoms with Gasteiger partial charge in [0.25, 0.3) is 0 Å². The first-order chi connectivity index (χ1) is 7.79. The first-order valence-electron chi connectivity index (χ1n) is 5.98. The lowest BCUT2D eigenvalue weighted by atomic mass is 9.81. The van der Waals surface area contributed by atoms with Crippen LogP contribution in [0.5, 0.6) is 0 Å². The third-order valence-electron chi connectivity index (χ3n) is 3.28. The van der Waals surface area contributed by atoms with E-state index in [1.54, 1.807) is 0 Å². The van der Waals surface area contributed by atoms with Crippen molar-refractivity contribution in [3.63, 3.8) is 0 Å². The van der Waals surface area contributed by atoms with E-state index in [0.717, 1.165) is 22.4 Å². The molecule has 2 rings (SSSR count). The number of rotatable bonds is 1. The van der Waals surface area contributed by atoms with E-state index in [0.29, 0.717) is 6.42 Å². The van der Waals surface area contributed by atoms with Gasteiger partial charge in [-0.3, -0.25) is 4.79 Å². The lowest BCUT2D eigenvalue weighted by molar-refractivity contribution is -0.115. The average molecular weight is 232 g/mol. The van der Waals surface area contributed by atoms with Crippen LogP contribution in [0.4, 0.5) is 5.69 Å². The number of carbonyl (C=O) groups excluding carboxylic acids is 1. The van der Waals surface area contributed by atoms with Crippen molar-refractivity contribution in [2.45, 2.75) is 40.2 Å². The minimum absolute atomic E-state index is 0.0190. The fourth-order valence-electron chi connectivity index (χ4n) is 2.25. The van der Waals surface area contributed by atoms with Crippen molar-refractivity contribution in [2.75, 3.05) is 5.32 Å². The van der Waals surface area contributed by atoms with E-state index < -0.39 is 0 Å². The molecule has 1 aliphatic rings. The quantitative estimate of drug-likeness (QED) is 0.781. The van der Waals surface area contributed by atoms with Crippen LogP contribution in [-0.4, -0.2) is 5.91 Å². The highest BCUT2D eigenvalue weighted by atomic mass is 16.1. The van der Waals surface area contributed by atoms with Crippen molar-refractivity contribution in [3.05, 3.63) is 28.8 Å². The highest BCUT2D eigenvalue weighted by Gasteiger charge is 2.29. The number of amides is 1. The van der Waals surface area contributed by atoms with Gasteiger partial charge in [0.05, 0.1) is 6.42 Å². The molecule has 0 spiro atoms. The first kappa shape index (κ1) is 12.1. The smallest absolute Gasteiger partial charge is 0.228 e. The molecule has 1 heterocycles. The number of aryl methyl sites for hydroxylation is 1. The number of hydrogen-bond acceptors (Lipinski definition) is 2. The van der Waals surface area contributed by atoms with Crippen molar-refractivity contribution < 1.29 is 4.79 Å². The largest absolute Gasteiger partial charge is 0.325 e. The Morgan fingerprint density at radius 2 is 2.00 bits per heavy atom. The SMILES string of the molecule is Cc1cc2c(c(C(N)C(C)(C)C)c1)NC(=O)C2. The second-order valence-corrected chi connectivity index (χ2v) is 5.96. The van der Waals surface area contributed by atoms with Gasteiger partial charge in [0.2, 0.25) is 5.91 Å². The molecule has 1 unspecified atom stereocenters. The molecule has 1 amide bonds. The van der Waals surface area contributed by atoms with Crippen LogP contribution in [0, 0.1) is 12.3 Å². The van der Waals surface area contributed by atoms with Gasteiger partial charge in [-0.25, -0.2) is 0 Å². The van der Waals surface area contributed by atoms with Crippen molar-refractivity contribution in [1.29, 1.82) is 0 Å². The van der Waals surface area contributed by atoms with Crippen LogP contribution < -0.4 is 11.1 Å². The Bertz CT molecular complexity index is 472. The fourth-order valence-corrected chi connectivity index (χ4v) is 2.25. The zero-order chi connectivity index (χ0) is 12.8. The van der Waals surface area contributed by atoms with E-state index in [1.807, 2.05) is 6.92 Å². The molecule has 92 valence electrons. The summed E-state index contributed by atoms with van der Waals surface area (Å²) < 4.78 is 0. The van der Waals surface area contributed by atoms with Crippen LogP contribution in [0.3, 0.4) is 0 Å². The molecule has 0 radical (unpaired) electrons. The molecule has 0 saturated carbocycles. The molecule has 0 fully saturated rings. The first-order valence-corrected chi connectivity index (χ1v) is 5.98. The predicted octanol–water partition coefficient (Wildman–Crippen LogP) is 2.54. The third-order valence-corrected chi connectivity index (χ3v) is 3.28. The van der Waals surface area contributed by atoms with Crippen molar-refractivity contribution in [3.8, 4) is 0 Å². The van der Waals surface area contributed by atoms with Crippen molar-refractivity contribution >= 4 is 11.6 Å². The Labute approximate surface area is 102 Å². The van der Waals surface area contributed by atoms with Gasteiger partial charge in [-0.1, -0.05) is 38.5 Å². The summed E-state index contributed by atoms with van der Waals surface area (Å²) in [6.45, 7) is 8.39. The predicted molar refractivity (Wildman–Crippen MR) is 69.9 cm³/mol. The number of nitrogens with two attached hydrogens (primary N) is 1. The summed E-state index contributed by atoms with van der Waals surface area (Å²) in [5, 5.41) is 2.93. The Morgan fingerprint density at radius 3 is 2.59 bits per heavy atom. The Balaban J connectivity index is 2.52. The van der Waals surface area contributed by atoms with Crippen LogP contribution >= 0.6 is 0 Å². The molecule has 1 atom stereocenters. The summed E-state index contributed by atoms with van der Waals surface area (Å²) in [5.41, 5.74) is 10.5. The van der Waals surface area contributed by atoms with E-state index in [4.69, 9.17) is 5.73 Å². The minimum Gasteiger partial charge on any atom is -0.325 e. The summed E-state index contributed by atoms with van der Waals surface area (Å²) in [6.07, 6.45) is 0.473. The van der Waals surface area contributed by atoms with Gasteiger partial charge < -0.3 is 11.1 Å². The lowest BCUT2D eigenvalue weighted by Crippen LogP contribution is -2.27. The van der Waals surface area contributed by atoms with Gasteiger partial charge in [-0.2, -0.15) is 0 Å². The zero-order valence-corrected chi connectivity index (χ0v) is 10.9. The van der Waals surface area contributed by atoms with E-state index >= 15 is 0 Å². The fraction of sp³-hybridized carbons (Fsp3) is 0.500. The molecule has 0 aliphatic carbocycles. The molecule has 3 N–H and O–H groups in total. The molecular weight excluding hydrogens is 212 g/mol. The third kappa shape index (κ3) is 2.20. The number of anilines is 1. The van der Waals surface area contributed by atoms with Gasteiger partial charge in [-0.15, -0.1) is 0 Å². The van der Waals surface area contributed by atoms with Crippen molar-refractivity contribution in [1.82, 2.24) is 0 Å². The van der Waals surface area contributed by atoms with Gasteiger partial charge in [0, 0.05) is 11.7 Å². The molecule has 0 bridgehead atoms. The van der Waals surface area contributed by atoms with E-state index in [1.165, 1.54) is 0 Å². The molecule has 0 saturated heterocycles. The van der Waals surface area contributed by atoms with Crippen molar-refractivity contribution in [2.24, 2.45) is 11.1 Å². The molecule has 1 aromatic carbocycles. The Hall–Kier alpha value is -1.35. The van der Waals surface area contributed by atoms with Crippen LogP contribution in [-0.2, 0) is 11.2 Å². The minimum atomic E-state index is -0.0745. The molecule has 3 nitrogen and oxygen atoms in total. The summed E-state index contributed by atoms with van der Waals surface area (Å²) in [7, 11) is 0. The number of fused-ring (bicyclic) bond motifs is 1. The molecule has 17 heavy (non-hydrogen) atoms. The summed E-state index contributed by atoms with van der Waals surface area (Å²) in [6, 6.07) is 4.07. The topological polar surface area (TPSA) is 55.1 Å². The normalized spacial score (nSPS) is 16.6. The summed E-state index contributed by atoms with van der Waals surface area (Å²) in [5.74, 6) is 0.0629. The molecule has 1 aromatic rings. The zero-order valence-electron chi connectivity index (χ0n) is 10.9. The molecule has 0 aromatic heterocycles. The monoisotopic (exact) mass is 232 g/mol. The maximum atomic E-state index is 11.5. The number of benzene rings is 1. The highest BCUT2D eigenvalue weighted by Crippen LogP contribution is 2.38. The Kier molecular flexibility index (Phi) is 2.74. The van der Waals surface area contributed by atoms with E-state index in [-0.39, 0.29) is 17.4 Å². The van der Waals surface area contributed by atoms with E-state index in [2.05, 4.69) is 38.2 Å². The van der Waals surface area contributed by atoms with E-state index in [9.17, 15) is 4.79 Å². The van der Waals surface area contributed by atoms with Crippen LogP contribution in [0.25, 0.3) is 0 Å². The number of nitrogens with one attached hydrogen (secondary N) is 1. The number of carbonyl (C=O) groups is 1. The molecular formula is C14H20N2O. The summed E-state index contributed by atoms with van der Waals surface area (Å²) in [4.78, 5) is 11.5. The highest BCUT2D eigenvalue weighted by molar-refractivity contribution is 6.00. The summed E-state index contributed by atoms with van der Waals surface area (Å²) >= 11 is 0. The average Bonchev–Trinajstić information content (AvgIpc) is 2.54. The lowest BCUT2D eigenvalue weighted by Gasteiger charge is -2.29. The second-order valence-electron chi connectivity index (χ2n) is 5.96. The molecule has 3 heteroatoms. The van der Waals surface area contributed by atoms with Gasteiger partial charge in [-0.05, 0) is 23.5 Å². The maximum absolute atomic E-state index is 11.5. The molecule has 1 aliphatic heterocycles. The van der Waals surface area contributed by atoms with Gasteiger partial charge in [0.1, 0.15) is 0 Å². The van der Waals surface area contributed by atoms with Gasteiger partial charge >= 0.3 is 0 Å². The van der Waals surface area contributed by atoms with Gasteiger partial charge in [0.15, 0.2) is 0 Å². The van der Waals surface area contributed by atoms with Crippen LogP contribution in [0.2, 0.25) is 0 Å².